The smallest absolute Gasteiger partial charge is 0.141 e. The van der Waals surface area contributed by atoms with Crippen molar-refractivity contribution in [3.63, 3.8) is 0 Å². The van der Waals surface area contributed by atoms with Gasteiger partial charge in [0, 0.05) is 15.5 Å². The Kier molecular flexibility index (Phi) is 3.93. The van der Waals surface area contributed by atoms with Crippen LogP contribution in [0.2, 0.25) is 0 Å². The fraction of sp³-hybridized carbons (Fsp3) is 0.154. The highest BCUT2D eigenvalue weighted by molar-refractivity contribution is 14.1. The zero-order valence-corrected chi connectivity index (χ0v) is 11.5. The molecule has 1 aromatic heterocycles. The Bertz CT molecular complexity index is 516. The van der Waals surface area contributed by atoms with Gasteiger partial charge < -0.3 is 5.32 Å². The molecule has 2 nitrogen and oxygen atoms in total. The number of aromatic nitrogens is 1. The predicted octanol–water partition coefficient (Wildman–Crippen LogP) is 4.00. The van der Waals surface area contributed by atoms with Gasteiger partial charge in [0.2, 0.25) is 0 Å². The normalized spacial score (nSPS) is 12.2. The molecule has 0 bridgehead atoms. The second-order valence-electron chi connectivity index (χ2n) is 3.81. The number of hydrogen-bond acceptors (Lipinski definition) is 2. The minimum atomic E-state index is -0.307. The Hall–Kier alpha value is -1.17. The molecule has 0 aliphatic rings. The molecule has 1 atom stereocenters. The van der Waals surface area contributed by atoms with Crippen LogP contribution in [0.1, 0.15) is 18.5 Å². The summed E-state index contributed by atoms with van der Waals surface area (Å²) < 4.78 is 14.2. The van der Waals surface area contributed by atoms with Gasteiger partial charge in [-0.3, -0.25) is 4.98 Å². The van der Waals surface area contributed by atoms with Gasteiger partial charge in [-0.2, -0.15) is 0 Å². The van der Waals surface area contributed by atoms with Gasteiger partial charge in [0.25, 0.3) is 0 Å². The lowest BCUT2D eigenvalue weighted by Crippen LogP contribution is -2.07. The van der Waals surface area contributed by atoms with E-state index in [2.05, 4.69) is 32.9 Å². The van der Waals surface area contributed by atoms with E-state index in [-0.39, 0.29) is 11.9 Å². The van der Waals surface area contributed by atoms with Gasteiger partial charge in [-0.1, -0.05) is 6.07 Å². The van der Waals surface area contributed by atoms with E-state index in [1.807, 2.05) is 31.2 Å². The van der Waals surface area contributed by atoms with Crippen molar-refractivity contribution in [2.45, 2.75) is 13.0 Å². The molecular formula is C13H12FIN2. The van der Waals surface area contributed by atoms with E-state index < -0.39 is 0 Å². The summed E-state index contributed by atoms with van der Waals surface area (Å²) in [6, 6.07) is 9.57. The fourth-order valence-electron chi connectivity index (χ4n) is 1.58. The van der Waals surface area contributed by atoms with Crippen LogP contribution in [-0.2, 0) is 0 Å². The maximum Gasteiger partial charge on any atom is 0.141 e. The maximum atomic E-state index is 13.0. The van der Waals surface area contributed by atoms with Gasteiger partial charge in [-0.05, 0) is 59.3 Å². The Labute approximate surface area is 113 Å². The quantitative estimate of drug-likeness (QED) is 0.853. The van der Waals surface area contributed by atoms with E-state index in [0.29, 0.717) is 0 Å². The van der Waals surface area contributed by atoms with E-state index in [0.717, 1.165) is 14.8 Å². The molecule has 0 amide bonds. The lowest BCUT2D eigenvalue weighted by Gasteiger charge is -2.15. The monoisotopic (exact) mass is 342 g/mol. The number of halogens is 2. The minimum absolute atomic E-state index is 0.0244. The molecule has 1 N–H and O–H groups in total. The summed E-state index contributed by atoms with van der Waals surface area (Å²) in [4.78, 5) is 3.85. The predicted molar refractivity (Wildman–Crippen MR) is 75.4 cm³/mol. The van der Waals surface area contributed by atoms with Crippen LogP contribution in [0.4, 0.5) is 10.1 Å². The summed E-state index contributed by atoms with van der Waals surface area (Å²) in [5.74, 6) is -0.307. The largest absolute Gasteiger partial charge is 0.378 e. The van der Waals surface area contributed by atoms with E-state index in [1.54, 1.807) is 6.20 Å². The van der Waals surface area contributed by atoms with E-state index in [4.69, 9.17) is 0 Å². The Balaban J connectivity index is 2.14. The highest BCUT2D eigenvalue weighted by Crippen LogP contribution is 2.20. The Morgan fingerprint density at radius 3 is 2.82 bits per heavy atom. The topological polar surface area (TPSA) is 24.9 Å². The van der Waals surface area contributed by atoms with Crippen molar-refractivity contribution in [1.29, 1.82) is 0 Å². The van der Waals surface area contributed by atoms with Gasteiger partial charge in [0.1, 0.15) is 5.82 Å². The molecule has 1 unspecified atom stereocenters. The highest BCUT2D eigenvalue weighted by atomic mass is 127. The molecule has 0 aliphatic carbocycles. The molecule has 4 heteroatoms. The molecule has 0 saturated carbocycles. The molecule has 88 valence electrons. The van der Waals surface area contributed by atoms with Crippen LogP contribution in [0.15, 0.2) is 42.7 Å². The first-order chi connectivity index (χ1) is 8.15. The summed E-state index contributed by atoms with van der Waals surface area (Å²) in [5, 5.41) is 3.31. The third-order valence-electron chi connectivity index (χ3n) is 2.43. The number of benzene rings is 1. The van der Waals surface area contributed by atoms with Crippen molar-refractivity contribution in [2.75, 3.05) is 5.32 Å². The van der Waals surface area contributed by atoms with Crippen LogP contribution in [0.25, 0.3) is 0 Å². The molecule has 2 rings (SSSR count). The highest BCUT2D eigenvalue weighted by Gasteiger charge is 2.06. The second-order valence-corrected chi connectivity index (χ2v) is 5.06. The standard InChI is InChI=1S/C13H12FIN2/c1-9(10-5-11(14)8-16-7-10)17-13-4-2-3-12(15)6-13/h2-9,17H,1H3. The molecule has 2 aromatic rings. The zero-order chi connectivity index (χ0) is 12.3. The van der Waals surface area contributed by atoms with Crippen molar-refractivity contribution in [2.24, 2.45) is 0 Å². The maximum absolute atomic E-state index is 13.0. The molecule has 0 fully saturated rings. The molecule has 0 saturated heterocycles. The molecular weight excluding hydrogens is 330 g/mol. The molecule has 0 radical (unpaired) electrons. The first kappa shape index (κ1) is 12.3. The van der Waals surface area contributed by atoms with Crippen LogP contribution in [0.3, 0.4) is 0 Å². The number of hydrogen-bond donors (Lipinski definition) is 1. The van der Waals surface area contributed by atoms with Crippen molar-refractivity contribution in [1.82, 2.24) is 4.98 Å². The first-order valence-electron chi connectivity index (χ1n) is 5.28. The van der Waals surface area contributed by atoms with Gasteiger partial charge >= 0.3 is 0 Å². The number of rotatable bonds is 3. The Morgan fingerprint density at radius 1 is 1.29 bits per heavy atom. The van der Waals surface area contributed by atoms with Crippen molar-refractivity contribution >= 4 is 28.3 Å². The third-order valence-corrected chi connectivity index (χ3v) is 3.10. The summed E-state index contributed by atoms with van der Waals surface area (Å²) in [5.41, 5.74) is 1.86. The van der Waals surface area contributed by atoms with Gasteiger partial charge in [0.15, 0.2) is 0 Å². The van der Waals surface area contributed by atoms with Gasteiger partial charge in [-0.25, -0.2) is 4.39 Å². The molecule has 0 aliphatic heterocycles. The number of nitrogens with zero attached hydrogens (tertiary/aromatic N) is 1. The summed E-state index contributed by atoms with van der Waals surface area (Å²) >= 11 is 2.26. The van der Waals surface area contributed by atoms with Crippen LogP contribution < -0.4 is 5.32 Å². The zero-order valence-electron chi connectivity index (χ0n) is 9.32. The summed E-state index contributed by atoms with van der Waals surface area (Å²) in [6.45, 7) is 1.98. The number of nitrogens with one attached hydrogen (secondary N) is 1. The van der Waals surface area contributed by atoms with Crippen LogP contribution >= 0.6 is 22.6 Å². The van der Waals surface area contributed by atoms with Crippen molar-refractivity contribution in [3.8, 4) is 0 Å². The van der Waals surface area contributed by atoms with Crippen LogP contribution in [-0.4, -0.2) is 4.98 Å². The average Bonchev–Trinajstić information content (AvgIpc) is 2.29. The lowest BCUT2D eigenvalue weighted by molar-refractivity contribution is 0.616. The average molecular weight is 342 g/mol. The minimum Gasteiger partial charge on any atom is -0.378 e. The number of anilines is 1. The van der Waals surface area contributed by atoms with Crippen LogP contribution in [0, 0.1) is 9.39 Å². The Morgan fingerprint density at radius 2 is 2.12 bits per heavy atom. The third kappa shape index (κ3) is 3.39. The summed E-state index contributed by atoms with van der Waals surface area (Å²) in [7, 11) is 0. The lowest BCUT2D eigenvalue weighted by atomic mass is 10.1. The first-order valence-corrected chi connectivity index (χ1v) is 6.35. The van der Waals surface area contributed by atoms with Crippen molar-refractivity contribution in [3.05, 3.63) is 57.7 Å². The van der Waals surface area contributed by atoms with Gasteiger partial charge in [-0.15, -0.1) is 0 Å². The fourth-order valence-corrected chi connectivity index (χ4v) is 2.12. The van der Waals surface area contributed by atoms with Crippen molar-refractivity contribution < 1.29 is 4.39 Å². The van der Waals surface area contributed by atoms with Gasteiger partial charge in [0.05, 0.1) is 12.2 Å². The molecule has 17 heavy (non-hydrogen) atoms. The molecule has 1 heterocycles. The number of pyridine rings is 1. The molecule has 0 spiro atoms. The SMILES string of the molecule is CC(Nc1cccc(I)c1)c1cncc(F)c1. The van der Waals surface area contributed by atoms with E-state index in [1.165, 1.54) is 12.3 Å². The molecule has 1 aromatic carbocycles. The second kappa shape index (κ2) is 5.44. The van der Waals surface area contributed by atoms with E-state index in [9.17, 15) is 4.39 Å². The summed E-state index contributed by atoms with van der Waals surface area (Å²) in [6.07, 6.45) is 2.89. The van der Waals surface area contributed by atoms with Crippen LogP contribution in [0.5, 0.6) is 0 Å². The van der Waals surface area contributed by atoms with E-state index >= 15 is 0 Å².